The number of hydrogen-bond donors (Lipinski definition) is 0. The van der Waals surface area contributed by atoms with Crippen LogP contribution in [-0.2, 0) is 9.05 Å². The molecular formula is C11H14ClNO5S. The van der Waals surface area contributed by atoms with Crippen molar-refractivity contribution >= 4 is 25.4 Å². The molecule has 0 aliphatic heterocycles. The molecule has 8 heteroatoms. The van der Waals surface area contributed by atoms with E-state index in [2.05, 4.69) is 0 Å². The monoisotopic (exact) mass is 307 g/mol. The molecule has 0 saturated carbocycles. The fourth-order valence-electron chi connectivity index (χ4n) is 1.49. The molecule has 0 bridgehead atoms. The van der Waals surface area contributed by atoms with Gasteiger partial charge in [0.15, 0.2) is 0 Å². The van der Waals surface area contributed by atoms with Crippen LogP contribution in [0.3, 0.4) is 0 Å². The minimum atomic E-state index is -3.45. The number of nitro benzene ring substituents is 1. The average Bonchev–Trinajstić information content (AvgIpc) is 2.26. The highest BCUT2D eigenvalue weighted by Gasteiger charge is 2.10. The number of benzene rings is 1. The molecule has 1 rings (SSSR count). The molecule has 0 aliphatic carbocycles. The van der Waals surface area contributed by atoms with E-state index in [1.165, 1.54) is 12.1 Å². The summed E-state index contributed by atoms with van der Waals surface area (Å²) in [5.41, 5.74) is 0.561. The van der Waals surface area contributed by atoms with E-state index < -0.39 is 14.0 Å². The molecule has 0 radical (unpaired) electrons. The third kappa shape index (κ3) is 5.89. The van der Waals surface area contributed by atoms with Gasteiger partial charge in [-0.3, -0.25) is 10.1 Å². The number of aryl methyl sites for hydroxylation is 1. The maximum atomic E-state index is 10.7. The quantitative estimate of drug-likeness (QED) is 0.334. The molecule has 0 aliphatic rings. The van der Waals surface area contributed by atoms with Crippen molar-refractivity contribution in [1.82, 2.24) is 0 Å². The van der Waals surface area contributed by atoms with Crippen LogP contribution >= 0.6 is 10.7 Å². The summed E-state index contributed by atoms with van der Waals surface area (Å²) in [7, 11) is 1.62. The van der Waals surface area contributed by atoms with Crippen LogP contribution in [0.5, 0.6) is 5.75 Å². The number of nitrogens with zero attached hydrogens (tertiary/aromatic N) is 1. The van der Waals surface area contributed by atoms with Gasteiger partial charge in [-0.15, -0.1) is 0 Å². The molecule has 0 N–H and O–H groups in total. The largest absolute Gasteiger partial charge is 0.494 e. The lowest BCUT2D eigenvalue weighted by atomic mass is 10.2. The molecule has 0 saturated heterocycles. The number of ether oxygens (including phenoxy) is 1. The van der Waals surface area contributed by atoms with E-state index in [0.29, 0.717) is 30.8 Å². The van der Waals surface area contributed by atoms with E-state index in [-0.39, 0.29) is 11.4 Å². The molecule has 0 atom stereocenters. The minimum absolute atomic E-state index is 0.0422. The second-order valence-corrected chi connectivity index (χ2v) is 6.90. The number of unbranched alkanes of at least 4 members (excludes halogenated alkanes) is 1. The molecule has 0 spiro atoms. The van der Waals surface area contributed by atoms with Crippen LogP contribution in [0.15, 0.2) is 18.2 Å². The Hall–Kier alpha value is -1.34. The number of halogens is 1. The molecule has 0 heterocycles. The first-order valence-electron chi connectivity index (χ1n) is 5.60. The Balaban J connectivity index is 2.42. The van der Waals surface area contributed by atoms with Crippen molar-refractivity contribution in [3.63, 3.8) is 0 Å². The van der Waals surface area contributed by atoms with Gasteiger partial charge < -0.3 is 4.74 Å². The van der Waals surface area contributed by atoms with Crippen LogP contribution < -0.4 is 4.74 Å². The molecule has 0 unspecified atom stereocenters. The highest BCUT2D eigenvalue weighted by atomic mass is 35.7. The zero-order valence-corrected chi connectivity index (χ0v) is 11.9. The van der Waals surface area contributed by atoms with Gasteiger partial charge in [-0.2, -0.15) is 0 Å². The second kappa shape index (κ2) is 6.72. The summed E-state index contributed by atoms with van der Waals surface area (Å²) in [6, 6.07) is 4.48. The molecule has 0 aromatic heterocycles. The minimum Gasteiger partial charge on any atom is -0.494 e. The number of nitro groups is 1. The molecule has 19 heavy (non-hydrogen) atoms. The molecular weight excluding hydrogens is 294 g/mol. The van der Waals surface area contributed by atoms with Gasteiger partial charge in [0.1, 0.15) is 5.75 Å². The normalized spacial score (nSPS) is 11.3. The van der Waals surface area contributed by atoms with Gasteiger partial charge in [0.05, 0.1) is 17.3 Å². The van der Waals surface area contributed by atoms with Crippen LogP contribution in [0.1, 0.15) is 18.4 Å². The van der Waals surface area contributed by atoms with E-state index in [1.807, 2.05) is 0 Å². The smallest absolute Gasteiger partial charge is 0.272 e. The highest BCUT2D eigenvalue weighted by molar-refractivity contribution is 8.13. The Bertz CT molecular complexity index is 558. The van der Waals surface area contributed by atoms with Crippen molar-refractivity contribution in [3.05, 3.63) is 33.9 Å². The Morgan fingerprint density at radius 1 is 1.37 bits per heavy atom. The summed E-state index contributed by atoms with van der Waals surface area (Å²) >= 11 is 0. The summed E-state index contributed by atoms with van der Waals surface area (Å²) in [4.78, 5) is 10.2. The lowest BCUT2D eigenvalue weighted by Crippen LogP contribution is -2.02. The second-order valence-electron chi connectivity index (χ2n) is 4.00. The Labute approximate surface area is 115 Å². The van der Waals surface area contributed by atoms with Gasteiger partial charge in [-0.25, -0.2) is 8.42 Å². The fraction of sp³-hybridized carbons (Fsp3) is 0.455. The van der Waals surface area contributed by atoms with Crippen molar-refractivity contribution in [3.8, 4) is 5.75 Å². The summed E-state index contributed by atoms with van der Waals surface area (Å²) in [6.07, 6.45) is 0.958. The SMILES string of the molecule is Cc1cc(OCCCCS(=O)(=O)Cl)ccc1[N+](=O)[O-]. The zero-order chi connectivity index (χ0) is 14.5. The van der Waals surface area contributed by atoms with Crippen molar-refractivity contribution in [1.29, 1.82) is 0 Å². The van der Waals surface area contributed by atoms with Crippen molar-refractivity contribution in [2.75, 3.05) is 12.4 Å². The van der Waals surface area contributed by atoms with Gasteiger partial charge in [0.25, 0.3) is 5.69 Å². The van der Waals surface area contributed by atoms with Gasteiger partial charge in [-0.1, -0.05) is 0 Å². The predicted molar refractivity (Wildman–Crippen MR) is 72.2 cm³/mol. The van der Waals surface area contributed by atoms with E-state index in [4.69, 9.17) is 15.4 Å². The van der Waals surface area contributed by atoms with Crippen LogP contribution in [0.4, 0.5) is 5.69 Å². The number of rotatable bonds is 7. The van der Waals surface area contributed by atoms with Gasteiger partial charge >= 0.3 is 0 Å². The van der Waals surface area contributed by atoms with Crippen LogP contribution in [0.2, 0.25) is 0 Å². The lowest BCUT2D eigenvalue weighted by Gasteiger charge is -2.06. The topological polar surface area (TPSA) is 86.5 Å². The average molecular weight is 308 g/mol. The maximum absolute atomic E-state index is 10.7. The predicted octanol–water partition coefficient (Wildman–Crippen LogP) is 2.63. The molecule has 6 nitrogen and oxygen atoms in total. The molecule has 0 amide bonds. The van der Waals surface area contributed by atoms with E-state index >= 15 is 0 Å². The first-order chi connectivity index (χ1) is 8.79. The van der Waals surface area contributed by atoms with Crippen LogP contribution in [-0.4, -0.2) is 25.7 Å². The summed E-state index contributed by atoms with van der Waals surface area (Å²) in [5.74, 6) is 0.439. The zero-order valence-electron chi connectivity index (χ0n) is 10.3. The lowest BCUT2D eigenvalue weighted by molar-refractivity contribution is -0.385. The summed E-state index contributed by atoms with van der Waals surface area (Å²) in [6.45, 7) is 1.97. The van der Waals surface area contributed by atoms with Crippen LogP contribution in [0, 0.1) is 17.0 Å². The number of hydrogen-bond acceptors (Lipinski definition) is 5. The van der Waals surface area contributed by atoms with Crippen LogP contribution in [0.25, 0.3) is 0 Å². The Morgan fingerprint density at radius 2 is 2.05 bits per heavy atom. The fourth-order valence-corrected chi connectivity index (χ4v) is 2.37. The molecule has 1 aromatic rings. The van der Waals surface area contributed by atoms with Crippen molar-refractivity contribution < 1.29 is 18.1 Å². The van der Waals surface area contributed by atoms with E-state index in [0.717, 1.165) is 0 Å². The highest BCUT2D eigenvalue weighted by Crippen LogP contribution is 2.23. The van der Waals surface area contributed by atoms with Crippen molar-refractivity contribution in [2.24, 2.45) is 0 Å². The van der Waals surface area contributed by atoms with E-state index in [1.54, 1.807) is 13.0 Å². The third-order valence-corrected chi connectivity index (χ3v) is 3.66. The summed E-state index contributed by atoms with van der Waals surface area (Å²) in [5, 5.41) is 10.6. The van der Waals surface area contributed by atoms with Gasteiger partial charge in [0.2, 0.25) is 9.05 Å². The Morgan fingerprint density at radius 3 is 2.58 bits per heavy atom. The first kappa shape index (κ1) is 15.7. The maximum Gasteiger partial charge on any atom is 0.272 e. The standard InChI is InChI=1S/C11H14ClNO5S/c1-9-8-10(4-5-11(9)13(14)15)18-6-2-3-7-19(12,16)17/h4-5,8H,2-3,6-7H2,1H3. The summed E-state index contributed by atoms with van der Waals surface area (Å²) < 4.78 is 26.7. The van der Waals surface area contributed by atoms with E-state index in [9.17, 15) is 18.5 Å². The first-order valence-corrected chi connectivity index (χ1v) is 8.07. The molecule has 1 aromatic carbocycles. The van der Waals surface area contributed by atoms with Crippen molar-refractivity contribution in [2.45, 2.75) is 19.8 Å². The molecule has 0 fully saturated rings. The molecule has 106 valence electrons. The Kier molecular flexibility index (Phi) is 5.56. The third-order valence-electron chi connectivity index (χ3n) is 2.42. The van der Waals surface area contributed by atoms with Gasteiger partial charge in [0, 0.05) is 22.3 Å². The van der Waals surface area contributed by atoms with Gasteiger partial charge in [-0.05, 0) is 31.9 Å².